The molecule has 1 N–H and O–H groups in total. The molecule has 1 aliphatic rings. The van der Waals surface area contributed by atoms with Gasteiger partial charge >= 0.3 is 0 Å². The number of carbonyl (C=O) groups is 2. The number of hydrogen-bond acceptors (Lipinski definition) is 6. The molecule has 9 heteroatoms. The van der Waals surface area contributed by atoms with Crippen LogP contribution >= 0.6 is 23.2 Å². The van der Waals surface area contributed by atoms with Crippen molar-refractivity contribution in [3.63, 3.8) is 0 Å². The number of benzene rings is 3. The van der Waals surface area contributed by atoms with Gasteiger partial charge in [-0.05, 0) is 55.0 Å². The number of hydrogen-bond donors (Lipinski definition) is 1. The summed E-state index contributed by atoms with van der Waals surface area (Å²) in [4.78, 5) is 28.1. The Morgan fingerprint density at radius 3 is 2.00 bits per heavy atom. The topological polar surface area (TPSA) is 85.3 Å². The zero-order valence-corrected chi connectivity index (χ0v) is 21.5. The van der Waals surface area contributed by atoms with E-state index in [-0.39, 0.29) is 26.9 Å². The highest BCUT2D eigenvalue weighted by molar-refractivity contribution is 6.51. The minimum absolute atomic E-state index is 0.117. The summed E-state index contributed by atoms with van der Waals surface area (Å²) in [5, 5.41) is 11.8. The summed E-state index contributed by atoms with van der Waals surface area (Å²) >= 11 is 12.2. The lowest BCUT2D eigenvalue weighted by atomic mass is 9.94. The predicted molar refractivity (Wildman–Crippen MR) is 139 cm³/mol. The molecule has 1 unspecified atom stereocenters. The molecule has 0 radical (unpaired) electrons. The summed E-state index contributed by atoms with van der Waals surface area (Å²) in [7, 11) is 4.41. The Labute approximate surface area is 218 Å². The summed E-state index contributed by atoms with van der Waals surface area (Å²) in [5.74, 6) is -1.02. The number of rotatable bonds is 6. The smallest absolute Gasteiger partial charge is 0.300 e. The molecular weight excluding hydrogens is 505 g/mol. The zero-order valence-electron chi connectivity index (χ0n) is 20.0. The van der Waals surface area contributed by atoms with E-state index in [2.05, 4.69) is 0 Å². The summed E-state index contributed by atoms with van der Waals surface area (Å²) in [6.07, 6.45) is 0. The fourth-order valence-electron chi connectivity index (χ4n) is 4.18. The second-order valence-corrected chi connectivity index (χ2v) is 8.91. The summed E-state index contributed by atoms with van der Waals surface area (Å²) in [6.45, 7) is 1.92. The van der Waals surface area contributed by atoms with Crippen LogP contribution in [-0.4, -0.2) is 38.1 Å². The number of aliphatic hydroxyl groups excluding tert-OH is 1. The van der Waals surface area contributed by atoms with Gasteiger partial charge in [-0.3, -0.25) is 14.5 Å². The molecule has 4 rings (SSSR count). The Hall–Kier alpha value is -3.68. The normalized spacial score (nSPS) is 16.8. The number of aliphatic hydroxyl groups is 1. The molecule has 0 aromatic heterocycles. The molecule has 0 saturated carbocycles. The van der Waals surface area contributed by atoms with Crippen LogP contribution in [0, 0.1) is 6.92 Å². The molecular formula is C27H23Cl2NO6. The lowest BCUT2D eigenvalue weighted by Gasteiger charge is -2.26. The molecule has 1 fully saturated rings. The third kappa shape index (κ3) is 4.36. The van der Waals surface area contributed by atoms with Gasteiger partial charge in [0, 0.05) is 11.3 Å². The van der Waals surface area contributed by atoms with Crippen molar-refractivity contribution in [2.45, 2.75) is 13.0 Å². The van der Waals surface area contributed by atoms with E-state index in [0.717, 1.165) is 5.56 Å². The number of Topliss-reactive ketones (excluding diaryl/α,β-unsaturated/α-hetero) is 1. The second-order valence-electron chi connectivity index (χ2n) is 8.09. The van der Waals surface area contributed by atoms with Crippen LogP contribution < -0.4 is 19.1 Å². The average Bonchev–Trinajstić information content (AvgIpc) is 3.15. The fraction of sp³-hybridized carbons (Fsp3) is 0.185. The Kier molecular flexibility index (Phi) is 7.15. The molecule has 0 bridgehead atoms. The second kappa shape index (κ2) is 10.1. The van der Waals surface area contributed by atoms with Crippen molar-refractivity contribution in [1.29, 1.82) is 0 Å². The molecule has 3 aromatic rings. The van der Waals surface area contributed by atoms with Crippen LogP contribution in [0.25, 0.3) is 5.76 Å². The van der Waals surface area contributed by atoms with Crippen molar-refractivity contribution in [3.05, 3.63) is 86.9 Å². The largest absolute Gasteiger partial charge is 0.507 e. The van der Waals surface area contributed by atoms with Crippen LogP contribution in [0.2, 0.25) is 10.0 Å². The highest BCUT2D eigenvalue weighted by Gasteiger charge is 2.47. The summed E-state index contributed by atoms with van der Waals surface area (Å²) in [5.41, 5.74) is 2.05. The molecule has 3 aromatic carbocycles. The van der Waals surface area contributed by atoms with Crippen LogP contribution in [0.15, 0.2) is 60.2 Å². The highest BCUT2D eigenvalue weighted by atomic mass is 35.5. The quantitative estimate of drug-likeness (QED) is 0.242. The predicted octanol–water partition coefficient (Wildman–Crippen LogP) is 5.95. The number of ketones is 1. The SMILES string of the molecule is COc1cc(C2/C(=C(\O)c3ccc(Cl)c(Cl)c3)C(=O)C(=O)N2c2ccc(C)cc2)cc(OC)c1OC. The first-order chi connectivity index (χ1) is 17.2. The summed E-state index contributed by atoms with van der Waals surface area (Å²) < 4.78 is 16.4. The van der Waals surface area contributed by atoms with Crippen molar-refractivity contribution in [2.24, 2.45) is 0 Å². The van der Waals surface area contributed by atoms with E-state index in [1.54, 1.807) is 24.3 Å². The van der Waals surface area contributed by atoms with Crippen molar-refractivity contribution >= 4 is 46.3 Å². The maximum Gasteiger partial charge on any atom is 0.300 e. The number of methoxy groups -OCH3 is 3. The van der Waals surface area contributed by atoms with Gasteiger partial charge in [0.2, 0.25) is 5.75 Å². The van der Waals surface area contributed by atoms with E-state index in [9.17, 15) is 14.7 Å². The van der Waals surface area contributed by atoms with E-state index in [1.807, 2.05) is 19.1 Å². The fourth-order valence-corrected chi connectivity index (χ4v) is 4.48. The Balaban J connectivity index is 2.02. The molecule has 36 heavy (non-hydrogen) atoms. The zero-order chi connectivity index (χ0) is 26.1. The minimum Gasteiger partial charge on any atom is -0.507 e. The van der Waals surface area contributed by atoms with E-state index in [0.29, 0.717) is 28.5 Å². The van der Waals surface area contributed by atoms with Crippen LogP contribution in [0.4, 0.5) is 5.69 Å². The maximum absolute atomic E-state index is 13.4. The number of halogens is 2. The average molecular weight is 528 g/mol. The van der Waals surface area contributed by atoms with Crippen molar-refractivity contribution in [2.75, 3.05) is 26.2 Å². The van der Waals surface area contributed by atoms with E-state index < -0.39 is 17.7 Å². The number of amides is 1. The molecule has 0 spiro atoms. The maximum atomic E-state index is 13.4. The Morgan fingerprint density at radius 2 is 1.47 bits per heavy atom. The minimum atomic E-state index is -1.00. The molecule has 1 amide bonds. The number of ether oxygens (including phenoxy) is 3. The molecule has 7 nitrogen and oxygen atoms in total. The van der Waals surface area contributed by atoms with Gasteiger partial charge in [0.05, 0.1) is 43.0 Å². The van der Waals surface area contributed by atoms with Crippen molar-refractivity contribution in [3.8, 4) is 17.2 Å². The molecule has 186 valence electrons. The van der Waals surface area contributed by atoms with Gasteiger partial charge in [-0.1, -0.05) is 40.9 Å². The van der Waals surface area contributed by atoms with Gasteiger partial charge in [0.1, 0.15) is 5.76 Å². The Morgan fingerprint density at radius 1 is 0.861 bits per heavy atom. The van der Waals surface area contributed by atoms with Crippen molar-refractivity contribution in [1.82, 2.24) is 0 Å². The molecule has 1 heterocycles. The molecule has 1 atom stereocenters. The number of carbonyl (C=O) groups excluding carboxylic acids is 2. The standard InChI is InChI=1S/C27H23Cl2NO6/c1-14-5-8-17(9-6-14)30-23(16-12-20(34-2)26(36-4)21(13-16)35-3)22(25(32)27(30)33)24(31)15-7-10-18(28)19(29)11-15/h5-13,23,31H,1-4H3/b24-22+. The lowest BCUT2D eigenvalue weighted by molar-refractivity contribution is -0.132. The molecule has 1 aliphatic heterocycles. The first-order valence-corrected chi connectivity index (χ1v) is 11.6. The number of nitrogens with zero attached hydrogens (tertiary/aromatic N) is 1. The van der Waals surface area contributed by atoms with Crippen LogP contribution in [0.3, 0.4) is 0 Å². The van der Waals surface area contributed by atoms with E-state index >= 15 is 0 Å². The van der Waals surface area contributed by atoms with Crippen LogP contribution in [0.1, 0.15) is 22.7 Å². The van der Waals surface area contributed by atoms with Crippen molar-refractivity contribution < 1.29 is 28.9 Å². The van der Waals surface area contributed by atoms with Gasteiger partial charge in [-0.2, -0.15) is 0 Å². The van der Waals surface area contributed by atoms with Gasteiger partial charge in [-0.25, -0.2) is 0 Å². The first-order valence-electron chi connectivity index (χ1n) is 10.8. The monoisotopic (exact) mass is 527 g/mol. The number of aryl methyl sites for hydroxylation is 1. The molecule has 0 aliphatic carbocycles. The lowest BCUT2D eigenvalue weighted by Crippen LogP contribution is -2.29. The Bertz CT molecular complexity index is 1360. The third-order valence-electron chi connectivity index (χ3n) is 5.95. The number of anilines is 1. The van der Waals surface area contributed by atoms with Gasteiger partial charge in [-0.15, -0.1) is 0 Å². The van der Waals surface area contributed by atoms with E-state index in [4.69, 9.17) is 37.4 Å². The van der Waals surface area contributed by atoms with Gasteiger partial charge in [0.25, 0.3) is 11.7 Å². The first kappa shape index (κ1) is 25.4. The van der Waals surface area contributed by atoms with E-state index in [1.165, 1.54) is 44.4 Å². The van der Waals surface area contributed by atoms with Gasteiger partial charge < -0.3 is 19.3 Å². The highest BCUT2D eigenvalue weighted by Crippen LogP contribution is 2.47. The van der Waals surface area contributed by atoms with Gasteiger partial charge in [0.15, 0.2) is 11.5 Å². The molecule has 1 saturated heterocycles. The van der Waals surface area contributed by atoms with Crippen LogP contribution in [0.5, 0.6) is 17.2 Å². The van der Waals surface area contributed by atoms with Crippen LogP contribution in [-0.2, 0) is 9.59 Å². The summed E-state index contributed by atoms with van der Waals surface area (Å²) in [6, 6.07) is 13.9. The third-order valence-corrected chi connectivity index (χ3v) is 6.69.